The predicted octanol–water partition coefficient (Wildman–Crippen LogP) is 3.54. The maximum Gasteiger partial charge on any atom is 0.258 e. The summed E-state index contributed by atoms with van der Waals surface area (Å²) in [6.45, 7) is 0. The van der Waals surface area contributed by atoms with E-state index in [9.17, 15) is 4.79 Å². The molecule has 3 aromatic rings. The number of nitrogens with one attached hydrogen (secondary N) is 1. The Labute approximate surface area is 120 Å². The van der Waals surface area contributed by atoms with Crippen LogP contribution in [0.3, 0.4) is 0 Å². The van der Waals surface area contributed by atoms with E-state index < -0.39 is 0 Å². The van der Waals surface area contributed by atoms with Gasteiger partial charge in [0, 0.05) is 11.6 Å². The molecule has 2 aromatic heterocycles. The molecule has 0 aliphatic rings. The summed E-state index contributed by atoms with van der Waals surface area (Å²) in [5, 5.41) is 4.12. The highest BCUT2D eigenvalue weighted by Crippen LogP contribution is 2.15. The largest absolute Gasteiger partial charge is 0.306 e. The highest BCUT2D eigenvalue weighted by Gasteiger charge is 2.07. The molecule has 0 unspecified atom stereocenters. The van der Waals surface area contributed by atoms with Crippen molar-refractivity contribution in [3.05, 3.63) is 65.4 Å². The highest BCUT2D eigenvalue weighted by molar-refractivity contribution is 6.29. The van der Waals surface area contributed by atoms with Gasteiger partial charge in [-0.2, -0.15) is 0 Å². The van der Waals surface area contributed by atoms with Crippen molar-refractivity contribution in [2.45, 2.75) is 0 Å². The molecular formula is C15H10ClN3O. The molecule has 4 nitrogen and oxygen atoms in total. The fourth-order valence-corrected chi connectivity index (χ4v) is 1.95. The summed E-state index contributed by atoms with van der Waals surface area (Å²) >= 11 is 5.69. The molecule has 98 valence electrons. The third-order valence-electron chi connectivity index (χ3n) is 2.83. The monoisotopic (exact) mass is 283 g/mol. The minimum atomic E-state index is -0.267. The van der Waals surface area contributed by atoms with Gasteiger partial charge in [-0.05, 0) is 30.3 Å². The Kier molecular flexibility index (Phi) is 3.31. The molecule has 0 saturated carbocycles. The maximum absolute atomic E-state index is 12.0. The Morgan fingerprint density at radius 3 is 2.70 bits per heavy atom. The molecule has 1 amide bonds. The number of halogens is 1. The van der Waals surface area contributed by atoms with E-state index in [4.69, 9.17) is 11.6 Å². The van der Waals surface area contributed by atoms with Crippen LogP contribution in [-0.4, -0.2) is 15.9 Å². The Morgan fingerprint density at radius 1 is 1.05 bits per heavy atom. The van der Waals surface area contributed by atoms with Crippen molar-refractivity contribution in [3.8, 4) is 0 Å². The fraction of sp³-hybridized carbons (Fsp3) is 0. The highest BCUT2D eigenvalue weighted by atomic mass is 35.5. The summed E-state index contributed by atoms with van der Waals surface area (Å²) < 4.78 is 0. The Hall–Kier alpha value is -2.46. The molecule has 20 heavy (non-hydrogen) atoms. The van der Waals surface area contributed by atoms with E-state index in [0.29, 0.717) is 16.5 Å². The van der Waals surface area contributed by atoms with Gasteiger partial charge in [-0.25, -0.2) is 9.97 Å². The lowest BCUT2D eigenvalue weighted by Gasteiger charge is -2.05. The normalized spacial score (nSPS) is 10.4. The number of hydrogen-bond acceptors (Lipinski definition) is 3. The molecule has 0 fully saturated rings. The number of carbonyl (C=O) groups is 1. The zero-order valence-corrected chi connectivity index (χ0v) is 11.1. The minimum absolute atomic E-state index is 0.267. The Morgan fingerprint density at radius 2 is 1.90 bits per heavy atom. The van der Waals surface area contributed by atoms with Crippen molar-refractivity contribution < 1.29 is 4.79 Å². The predicted molar refractivity (Wildman–Crippen MR) is 78.9 cm³/mol. The number of pyridine rings is 2. The van der Waals surface area contributed by atoms with Gasteiger partial charge < -0.3 is 5.32 Å². The second-order valence-corrected chi connectivity index (χ2v) is 4.60. The molecular weight excluding hydrogens is 274 g/mol. The van der Waals surface area contributed by atoms with Crippen LogP contribution >= 0.6 is 11.6 Å². The Bertz CT molecular complexity index is 771. The zero-order valence-electron chi connectivity index (χ0n) is 10.4. The third-order valence-corrected chi connectivity index (χ3v) is 3.05. The van der Waals surface area contributed by atoms with Crippen LogP contribution in [0.2, 0.25) is 5.15 Å². The molecule has 0 aliphatic heterocycles. The number of amides is 1. The number of benzene rings is 1. The van der Waals surface area contributed by atoms with Gasteiger partial charge in [0.1, 0.15) is 11.0 Å². The standard InChI is InChI=1S/C15H10ClN3O/c16-13-7-5-11(9-17-13)15(20)19-14-8-6-10-3-1-2-4-12(10)18-14/h1-9H,(H,18,19,20). The topological polar surface area (TPSA) is 54.9 Å². The van der Waals surface area contributed by atoms with Crippen molar-refractivity contribution in [3.63, 3.8) is 0 Å². The first-order valence-corrected chi connectivity index (χ1v) is 6.39. The summed E-state index contributed by atoms with van der Waals surface area (Å²) in [6.07, 6.45) is 1.43. The van der Waals surface area contributed by atoms with Crippen molar-refractivity contribution >= 4 is 34.2 Å². The second kappa shape index (κ2) is 5.27. The van der Waals surface area contributed by atoms with Gasteiger partial charge in [0.15, 0.2) is 0 Å². The zero-order chi connectivity index (χ0) is 13.9. The number of aromatic nitrogens is 2. The van der Waals surface area contributed by atoms with E-state index in [2.05, 4.69) is 15.3 Å². The van der Waals surface area contributed by atoms with Gasteiger partial charge in [-0.3, -0.25) is 4.79 Å². The lowest BCUT2D eigenvalue weighted by atomic mass is 10.2. The molecule has 5 heteroatoms. The second-order valence-electron chi connectivity index (χ2n) is 4.21. The summed E-state index contributed by atoms with van der Waals surface area (Å²) in [5.74, 6) is 0.237. The molecule has 0 atom stereocenters. The molecule has 0 bridgehead atoms. The SMILES string of the molecule is O=C(Nc1ccc2ccccc2n1)c1ccc(Cl)nc1. The lowest BCUT2D eigenvalue weighted by molar-refractivity contribution is 0.102. The number of fused-ring (bicyclic) bond motifs is 1. The number of nitrogens with zero attached hydrogens (tertiary/aromatic N) is 2. The van der Waals surface area contributed by atoms with Gasteiger partial charge in [0.05, 0.1) is 11.1 Å². The minimum Gasteiger partial charge on any atom is -0.306 e. The number of carbonyl (C=O) groups excluding carboxylic acids is 1. The lowest BCUT2D eigenvalue weighted by Crippen LogP contribution is -2.13. The van der Waals surface area contributed by atoms with Crippen molar-refractivity contribution in [2.75, 3.05) is 5.32 Å². The van der Waals surface area contributed by atoms with Crippen LogP contribution in [0.1, 0.15) is 10.4 Å². The number of hydrogen-bond donors (Lipinski definition) is 1. The van der Waals surface area contributed by atoms with Gasteiger partial charge >= 0.3 is 0 Å². The molecule has 1 aromatic carbocycles. The smallest absolute Gasteiger partial charge is 0.258 e. The first-order valence-electron chi connectivity index (χ1n) is 6.01. The summed E-state index contributed by atoms with van der Waals surface area (Å²) in [5.41, 5.74) is 1.27. The van der Waals surface area contributed by atoms with Gasteiger partial charge in [0.25, 0.3) is 5.91 Å². The van der Waals surface area contributed by atoms with Crippen LogP contribution in [-0.2, 0) is 0 Å². The molecule has 0 radical (unpaired) electrons. The maximum atomic E-state index is 12.0. The molecule has 0 saturated heterocycles. The first kappa shape index (κ1) is 12.6. The molecule has 1 N–H and O–H groups in total. The number of rotatable bonds is 2. The van der Waals surface area contributed by atoms with Crippen LogP contribution in [0.15, 0.2) is 54.7 Å². The quantitative estimate of drug-likeness (QED) is 0.732. The van der Waals surface area contributed by atoms with Crippen LogP contribution in [0, 0.1) is 0 Å². The Balaban J connectivity index is 1.85. The number of para-hydroxylation sites is 1. The van der Waals surface area contributed by atoms with E-state index in [1.54, 1.807) is 18.2 Å². The molecule has 0 aliphatic carbocycles. The van der Waals surface area contributed by atoms with Gasteiger partial charge in [-0.1, -0.05) is 29.8 Å². The first-order chi connectivity index (χ1) is 9.72. The number of anilines is 1. The van der Waals surface area contributed by atoms with Crippen LogP contribution in [0.4, 0.5) is 5.82 Å². The van der Waals surface area contributed by atoms with Crippen molar-refractivity contribution in [1.29, 1.82) is 0 Å². The van der Waals surface area contributed by atoms with Crippen molar-refractivity contribution in [2.24, 2.45) is 0 Å². The van der Waals surface area contributed by atoms with Crippen LogP contribution in [0.5, 0.6) is 0 Å². The molecule has 3 rings (SSSR count). The van der Waals surface area contributed by atoms with Crippen LogP contribution in [0.25, 0.3) is 10.9 Å². The van der Waals surface area contributed by atoms with E-state index in [1.807, 2.05) is 30.3 Å². The van der Waals surface area contributed by atoms with E-state index in [-0.39, 0.29) is 5.91 Å². The summed E-state index contributed by atoms with van der Waals surface area (Å²) in [6, 6.07) is 14.6. The van der Waals surface area contributed by atoms with E-state index in [1.165, 1.54) is 6.20 Å². The van der Waals surface area contributed by atoms with E-state index in [0.717, 1.165) is 10.9 Å². The van der Waals surface area contributed by atoms with Crippen LogP contribution < -0.4 is 5.32 Å². The van der Waals surface area contributed by atoms with E-state index >= 15 is 0 Å². The van der Waals surface area contributed by atoms with Gasteiger partial charge in [0.2, 0.25) is 0 Å². The third kappa shape index (κ3) is 2.60. The summed E-state index contributed by atoms with van der Waals surface area (Å²) in [7, 11) is 0. The van der Waals surface area contributed by atoms with Crippen molar-refractivity contribution in [1.82, 2.24) is 9.97 Å². The average molecular weight is 284 g/mol. The fourth-order valence-electron chi connectivity index (χ4n) is 1.83. The summed E-state index contributed by atoms with van der Waals surface area (Å²) in [4.78, 5) is 20.3. The molecule has 0 spiro atoms. The van der Waals surface area contributed by atoms with Gasteiger partial charge in [-0.15, -0.1) is 0 Å². The molecule has 2 heterocycles. The average Bonchev–Trinajstić information content (AvgIpc) is 2.48.